The summed E-state index contributed by atoms with van der Waals surface area (Å²) < 4.78 is 81.8. The second-order valence-electron chi connectivity index (χ2n) is 21.5. The summed E-state index contributed by atoms with van der Waals surface area (Å²) in [5, 5.41) is 47.6. The molecule has 7 N–H and O–H groups in total. The fraction of sp³-hybridized carbons (Fsp3) is 0.276. The number of hydrogen-bond acceptors (Lipinski definition) is 33. The van der Waals surface area contributed by atoms with Crippen LogP contribution in [0, 0.1) is 44.9 Å². The van der Waals surface area contributed by atoms with Crippen LogP contribution in [0.5, 0.6) is 0 Å². The molecule has 0 aromatic heterocycles. The zero-order valence-corrected chi connectivity index (χ0v) is 105. The van der Waals surface area contributed by atoms with E-state index < -0.39 is 73.8 Å². The van der Waals surface area contributed by atoms with E-state index in [4.69, 9.17) is 61.9 Å². The number of nitrogens with one attached hydrogen (secondary N) is 1. The molecule has 137 heavy (non-hydrogen) atoms. The molecule has 0 fully saturated rings. The summed E-state index contributed by atoms with van der Waals surface area (Å²) >= 11 is 54.7. The predicted molar refractivity (Wildman–Crippen MR) is 640 cm³/mol. The largest absolute Gasteiger partial charge is 1.00 e. The van der Waals surface area contributed by atoms with E-state index in [0.29, 0.717) is 45.9 Å². The molecule has 6 aromatic carbocycles. The van der Waals surface area contributed by atoms with Crippen LogP contribution in [0.4, 0.5) is 11.4 Å². The normalized spacial score (nSPS) is 9.17. The molecule has 6 rings (SSSR count). The van der Waals surface area contributed by atoms with E-state index in [1.807, 2.05) is 115 Å². The Morgan fingerprint density at radius 1 is 0.562 bits per heavy atom. The molecular weight excluding hydrogens is 2520 g/mol. The molecule has 0 amide bonds. The Hall–Kier alpha value is -1.40. The van der Waals surface area contributed by atoms with Crippen molar-refractivity contribution in [1.82, 2.24) is 4.72 Å². The summed E-state index contributed by atoms with van der Waals surface area (Å²) in [5.74, 6) is 2.35. The zero-order chi connectivity index (χ0) is 105. The molecule has 0 saturated heterocycles. The van der Waals surface area contributed by atoms with Gasteiger partial charge < -0.3 is 50.5 Å². The third kappa shape index (κ3) is 139. The molecular formula is C76H98BrCl3KN5O20S31. The number of nitrogens with zero attached hydrogens (tertiary/aromatic N) is 2. The number of carboxylic acid groups (broad SMARTS) is 1. The predicted octanol–water partition coefficient (Wildman–Crippen LogP) is 11.2. The van der Waals surface area contributed by atoms with Crippen LogP contribution in [-0.4, -0.2) is 109 Å². The number of terminal acetylenes is 2. The van der Waals surface area contributed by atoms with Crippen LogP contribution < -0.4 is 72.7 Å². The number of alkyl halides is 1. The maximum absolute atomic E-state index is 12.2. The van der Waals surface area contributed by atoms with Gasteiger partial charge in [0, 0.05) is 329 Å². The topological polar surface area (TPSA) is 397 Å². The fourth-order valence-corrected chi connectivity index (χ4v) is 24.9. The number of aliphatic carboxylic acids is 1. The molecule has 25 nitrogen and oxygen atoms in total. The van der Waals surface area contributed by atoms with Crippen molar-refractivity contribution in [2.45, 2.75) is 120 Å². The van der Waals surface area contributed by atoms with Gasteiger partial charge in [-0.2, -0.15) is 18.2 Å². The molecule has 0 aliphatic carbocycles. The van der Waals surface area contributed by atoms with Crippen LogP contribution >= 0.6 is 61.5 Å². The van der Waals surface area contributed by atoms with Crippen molar-refractivity contribution in [2.75, 3.05) is 26.4 Å². The van der Waals surface area contributed by atoms with Gasteiger partial charge in [-0.1, -0.05) is 220 Å². The van der Waals surface area contributed by atoms with Crippen LogP contribution in [0.25, 0.3) is 0 Å². The summed E-state index contributed by atoms with van der Waals surface area (Å²) in [4.78, 5) is 51.5. The average Bonchev–Trinajstić information content (AvgIpc) is 0.827. The molecule has 762 valence electrons. The molecule has 0 radical (unpaired) electrons. The number of esters is 2. The van der Waals surface area contributed by atoms with E-state index in [1.54, 1.807) is 67.3 Å². The number of carboxylic acids is 1. The number of halogens is 4. The minimum absolute atomic E-state index is 0. The molecule has 0 bridgehead atoms. The van der Waals surface area contributed by atoms with Crippen molar-refractivity contribution in [1.29, 1.82) is 0 Å². The second-order valence-corrected chi connectivity index (χ2v) is 55.4. The Labute approximate surface area is 981 Å². The smallest absolute Gasteiger partial charge is 0.850 e. The van der Waals surface area contributed by atoms with Crippen molar-refractivity contribution in [3.8, 4) is 24.7 Å². The monoisotopic (exact) mass is 2610 g/mol. The molecule has 3 atom stereocenters. The number of carbonyl (C=O) groups excluding carboxylic acids is 2. The van der Waals surface area contributed by atoms with Crippen LogP contribution in [0.3, 0.4) is 0 Å². The number of carbonyl (C=O) groups is 3. The maximum atomic E-state index is 12.2. The van der Waals surface area contributed by atoms with Crippen LogP contribution in [0.15, 0.2) is 255 Å². The number of hydrogen-bond donors (Lipinski definition) is 5. The van der Waals surface area contributed by atoms with E-state index in [2.05, 4.69) is 250 Å². The minimum Gasteiger partial charge on any atom is -0.850 e. The third-order valence-corrected chi connectivity index (χ3v) is 36.6. The first kappa shape index (κ1) is 166. The summed E-state index contributed by atoms with van der Waals surface area (Å²) in [7, 11) is 24.8. The van der Waals surface area contributed by atoms with Gasteiger partial charge in [0.25, 0.3) is 20.4 Å². The first-order chi connectivity index (χ1) is 63.6. The van der Waals surface area contributed by atoms with Gasteiger partial charge in [0.2, 0.25) is 19.2 Å². The number of non-ortho nitro benzene ring substituents is 2. The molecule has 0 spiro atoms. The summed E-state index contributed by atoms with van der Waals surface area (Å²) in [6, 6.07) is 46.4. The first-order valence-electron chi connectivity index (χ1n) is 34.5. The first-order valence-corrected chi connectivity index (χ1v) is 70.2. The molecule has 0 unspecified atom stereocenters. The van der Waals surface area contributed by atoms with Crippen molar-refractivity contribution >= 4 is 387 Å². The van der Waals surface area contributed by atoms with E-state index in [0.717, 1.165) is 79.4 Å². The van der Waals surface area contributed by atoms with Crippen LogP contribution in [0.1, 0.15) is 83.6 Å². The standard InChI is InChI=1S/C13H16N2O6S.3C10H10O.C7H7Br.C7H13NO2.C6H4ClNO4S.C5H9NO2.C4H9O.C3H4O.CH4.Cl2OS.K.S7.S6.S5.S4.S3.S2.H2S/c1-3-5-12(13(16)21-4-2)14-22(19,20)11-8-6-10(7-9-11)15(17)18;3*1-2-8-11-9-10-6-4-3-5-7-10;8-6-7-4-2-1-3-5-7;1-3-5-6(8)7(9)10-4-2;7-13(11,12)6-3-1-5(2-4-6)8(9)10;1-2-3-4(6)5(7)8;1-4(2,3)5;1-2-3-4;;1-4(2)3;;1-3-5-7-6-4-2;1-3-5-6-4-2;1-3-5-4-2;1-3-4-2;1-3-2;1-2;/h3,6-9,12,14H,1,4-5H2,2H3;2*3-8H,1,9H2;1,3-7H,8-9H2;1-5H,6H2;3,6H,1,4-5,8H2,2H3;1-4H;2,4H,1,3,6H2,(H,7,8);1-3H3;1,4H,3H2;1H4;;;;;;;;;1H2/q;;;;;;;;-1;;;;+1;;;;;;;/t12-;;;;;6-;;4-;;;;;;;;;;;;/m0....0.0............/s1. The molecule has 6 aromatic rings. The van der Waals surface area contributed by atoms with E-state index in [9.17, 15) is 56.6 Å². The van der Waals surface area contributed by atoms with Crippen molar-refractivity contribution in [3.05, 3.63) is 287 Å². The summed E-state index contributed by atoms with van der Waals surface area (Å²) in [5.41, 5.74) is 19.1. The Morgan fingerprint density at radius 2 is 0.854 bits per heavy atom. The van der Waals surface area contributed by atoms with Crippen LogP contribution in [0.2, 0.25) is 0 Å². The molecule has 0 heterocycles. The van der Waals surface area contributed by atoms with Gasteiger partial charge in [-0.15, -0.1) is 38.2 Å². The molecule has 0 aliphatic rings. The fourth-order valence-electron chi connectivity index (χ4n) is 6.12. The Bertz CT molecular complexity index is 5290. The van der Waals surface area contributed by atoms with E-state index in [-0.39, 0.29) is 119 Å². The number of aliphatic hydroxyl groups is 1. The quantitative estimate of drug-likeness (QED) is 0.00273. The van der Waals surface area contributed by atoms with Gasteiger partial charge in [-0.05, 0) is 79.6 Å². The van der Waals surface area contributed by atoms with Crippen molar-refractivity contribution in [2.24, 2.45) is 11.5 Å². The number of ether oxygens (including phenoxy) is 5. The van der Waals surface area contributed by atoms with Gasteiger partial charge in [-0.3, -0.25) is 34.6 Å². The van der Waals surface area contributed by atoms with Crippen molar-refractivity contribution < 1.29 is 136 Å². The number of nitrogens with two attached hydrogens (primary N) is 2. The van der Waals surface area contributed by atoms with E-state index >= 15 is 0 Å². The minimum atomic E-state index is -4.01. The number of nitro groups is 2. The Balaban J connectivity index is -0.000000100. The van der Waals surface area contributed by atoms with Gasteiger partial charge in [0.15, 0.2) is 0 Å². The molecule has 0 aliphatic heterocycles. The zero-order valence-electron chi connectivity index (χ0n) is 72.3. The molecule has 0 saturated carbocycles. The van der Waals surface area contributed by atoms with Gasteiger partial charge in [0.05, 0.1) is 39.5 Å². The summed E-state index contributed by atoms with van der Waals surface area (Å²) in [6.07, 6.45) is 17.8. The number of benzene rings is 6. The number of aliphatic hydroxyl groups excluding tert-OH is 1. The number of sulfonamides is 1. The second kappa shape index (κ2) is 129. The third-order valence-electron chi connectivity index (χ3n) is 10.9. The van der Waals surface area contributed by atoms with E-state index in [1.165, 1.54) is 128 Å². The maximum Gasteiger partial charge on any atom is 1.00 e. The van der Waals surface area contributed by atoms with Gasteiger partial charge >= 0.3 is 69.3 Å². The SMILES string of the molecule is BrCc1ccccc1.C.C#CCO.C#CCOCc1ccccc1.C=C=COCc1ccccc1.C=C=COCc1ccccc1.C=CC[C@H](N)C(=O)O.C=CC[C@H](N)C(=O)OCC.C=CC[C@H](NS(=O)(=O)c1ccc([N+](=O)[O-])cc1)C(=O)OCC.CC(C)(C)[O-].O=S(Cl)Cl.O=[N+]([O-])c1ccc(S(=O)(=O)Cl)cc1.S.S=S.S=S=S.S=S=S=S.S=S=S=S=S.S=S=S=S=S=S.S=S=S=S=S=S=S.[K+]. The molecule has 61 heteroatoms. The number of rotatable bonds is 27. The Kier molecular flexibility index (Phi) is 156. The average molecular weight is 2620 g/mol. The Morgan fingerprint density at radius 3 is 1.09 bits per heavy atom. The summed E-state index contributed by atoms with van der Waals surface area (Å²) in [6.45, 7) is 27.8. The van der Waals surface area contributed by atoms with Gasteiger partial charge in [-0.25, -0.2) is 21.0 Å². The van der Waals surface area contributed by atoms with Gasteiger partial charge in [0.1, 0.15) is 57.1 Å². The van der Waals surface area contributed by atoms with Crippen LogP contribution in [-0.2, 0) is 359 Å². The number of nitro benzene ring substituents is 2. The van der Waals surface area contributed by atoms with Crippen molar-refractivity contribution in [3.63, 3.8) is 0 Å².